The number of para-hydroxylation sites is 1. The maximum atomic E-state index is 15.5. The van der Waals surface area contributed by atoms with Crippen LogP contribution in [0.4, 0.5) is 4.79 Å². The molecule has 0 unspecified atom stereocenters. The third-order valence-corrected chi connectivity index (χ3v) is 4.81. The van der Waals surface area contributed by atoms with E-state index in [1.165, 1.54) is 0 Å². The minimum atomic E-state index is -6.06. The second-order valence-corrected chi connectivity index (χ2v) is 7.89. The highest BCUT2D eigenvalue weighted by Crippen LogP contribution is 2.22. The lowest BCUT2D eigenvalue weighted by Crippen LogP contribution is -2.59. The summed E-state index contributed by atoms with van der Waals surface area (Å²) >= 11 is 0. The number of carbonyl (C=O) groups excluding carboxylic acids is 3. The topological polar surface area (TPSA) is 120 Å². The van der Waals surface area contributed by atoms with Crippen molar-refractivity contribution in [2.75, 3.05) is 19.6 Å². The van der Waals surface area contributed by atoms with E-state index < -0.39 is 232 Å². The molecule has 4 rings (SSSR count). The molecule has 1 aliphatic heterocycles. The molecule has 9 nitrogen and oxygen atoms in total. The number of amides is 4. The van der Waals surface area contributed by atoms with Gasteiger partial charge in [0.1, 0.15) is 11.8 Å². The van der Waals surface area contributed by atoms with Crippen LogP contribution in [-0.2, 0) is 22.3 Å². The summed E-state index contributed by atoms with van der Waals surface area (Å²) in [4.78, 5) is 42.8. The van der Waals surface area contributed by atoms with Gasteiger partial charge in [0.05, 0.1) is 38.1 Å². The van der Waals surface area contributed by atoms with Crippen LogP contribution in [0, 0.1) is 19.6 Å². The summed E-state index contributed by atoms with van der Waals surface area (Å²) in [6.45, 7) is -31.9. The molecule has 0 bridgehead atoms. The molecule has 246 valence electrons. The fourth-order valence-corrected chi connectivity index (χ4v) is 2.96. The molecule has 0 aliphatic carbocycles. The maximum absolute atomic E-state index is 15.5. The number of hydrogen-bond donors (Lipinski definition) is 4. The normalized spacial score (nSPS) is 38.3. The Labute approximate surface area is 334 Å². The highest BCUT2D eigenvalue weighted by atomic mass is 16.5. The van der Waals surface area contributed by atoms with Crippen LogP contribution in [0.25, 0.3) is 0 Å². The van der Waals surface area contributed by atoms with Crippen molar-refractivity contribution in [2.24, 2.45) is 5.89 Å². The monoisotopic (exact) mass is 673 g/mol. The van der Waals surface area contributed by atoms with Gasteiger partial charge in [-0.1, -0.05) is 92.3 Å². The van der Waals surface area contributed by atoms with Gasteiger partial charge in [-0.3, -0.25) is 9.59 Å². The lowest BCUT2D eigenvalue weighted by Gasteiger charge is -2.37. The summed E-state index contributed by atoms with van der Waals surface area (Å²) in [7, 11) is 0. The number of urea groups is 1. The Bertz CT molecular complexity index is 3330. The molecule has 1 aliphatic rings. The maximum Gasteiger partial charge on any atom is 0.318 e. The first-order chi connectivity index (χ1) is 39.4. The van der Waals surface area contributed by atoms with Crippen molar-refractivity contribution in [3.63, 3.8) is 0 Å². The first-order valence-electron chi connectivity index (χ1n) is 33.9. The molecular formula is C37H48N4O5. The number of hydrogen-bond acceptors (Lipinski definition) is 5. The SMILES string of the molecule is [2H]c1c([2H])c([2H])c(C([2H])([2H])[C@]([2H])(NC(=O)[C@@]([2H])(N2C(=O)NC([2H])([2H])C([2H])([2H])C2([2H])[2H])C([2H])(C([2H])([2H])[2H])C([2H])([2H])[2H])C([2H])([2H])[C@]([2H])(O)[C@@]([2H])(NC(=O)C([2H])([2H])Oc2c(C([2H])([2H])[2H])c([2H])c([2H])c([2H])c2C([2H])([2H])[2H])C([2H])([2H])c2c([2H])c([2H])c([2H])c([2H])c2[2H])c([2H])c1[2H]. The third kappa shape index (κ3) is 9.81. The van der Waals surface area contributed by atoms with Gasteiger partial charge in [0.2, 0.25) is 5.91 Å². The molecule has 9 heteroatoms. The largest absolute Gasteiger partial charge is 0.483 e. The zero-order chi connectivity index (χ0) is 71.5. The van der Waals surface area contributed by atoms with Crippen LogP contribution in [0.2, 0.25) is 0 Å². The van der Waals surface area contributed by atoms with Crippen LogP contribution >= 0.6 is 0 Å². The van der Waals surface area contributed by atoms with Crippen molar-refractivity contribution in [3.8, 4) is 5.75 Å². The van der Waals surface area contributed by atoms with Crippen molar-refractivity contribution in [2.45, 2.75) is 77.0 Å². The van der Waals surface area contributed by atoms with E-state index in [9.17, 15) is 28.4 Å². The summed E-state index contributed by atoms with van der Waals surface area (Å²) in [5.74, 6) is -14.2. The Hall–Kier alpha value is -4.37. The van der Waals surface area contributed by atoms with Gasteiger partial charge in [-0.15, -0.1) is 0 Å². The van der Waals surface area contributed by atoms with Crippen molar-refractivity contribution >= 4 is 17.8 Å². The number of nitrogens with one attached hydrogen (secondary N) is 3. The Balaban J connectivity index is 2.42. The van der Waals surface area contributed by atoms with E-state index in [0.29, 0.717) is 5.32 Å². The summed E-state index contributed by atoms with van der Waals surface area (Å²) in [6, 6.07) is -42.6. The lowest BCUT2D eigenvalue weighted by atomic mass is 9.92. The minimum Gasteiger partial charge on any atom is -0.483 e. The zero-order valence-electron chi connectivity index (χ0n) is 66.5. The number of aliphatic hydroxyl groups is 1. The van der Waals surface area contributed by atoms with E-state index >= 15 is 4.79 Å². The first kappa shape index (κ1) is 8.75. The van der Waals surface area contributed by atoms with Crippen LogP contribution in [0.3, 0.4) is 0 Å². The quantitative estimate of drug-likeness (QED) is 0.192. The molecule has 1 saturated heterocycles. The van der Waals surface area contributed by atoms with Gasteiger partial charge in [0.15, 0.2) is 6.56 Å². The predicted octanol–water partition coefficient (Wildman–Crippen LogP) is 4.33. The van der Waals surface area contributed by atoms with Crippen LogP contribution in [0.5, 0.6) is 5.75 Å². The summed E-state index contributed by atoms with van der Waals surface area (Å²) < 4.78 is 381. The van der Waals surface area contributed by atoms with Crippen LogP contribution in [-0.4, -0.2) is 71.5 Å². The smallest absolute Gasteiger partial charge is 0.318 e. The van der Waals surface area contributed by atoms with Gasteiger partial charge in [-0.25, -0.2) is 4.79 Å². The van der Waals surface area contributed by atoms with E-state index in [0.717, 1.165) is 10.6 Å². The molecule has 0 radical (unpaired) electrons. The Morgan fingerprint density at radius 3 is 2.30 bits per heavy atom. The van der Waals surface area contributed by atoms with Crippen molar-refractivity contribution in [1.29, 1.82) is 0 Å². The Morgan fingerprint density at radius 1 is 1.02 bits per heavy atom. The molecule has 0 aromatic heterocycles. The summed E-state index contributed by atoms with van der Waals surface area (Å²) in [6.07, 6.45) is -27.1. The summed E-state index contributed by atoms with van der Waals surface area (Å²) in [5, 5.41) is 15.3. The van der Waals surface area contributed by atoms with Gasteiger partial charge >= 0.3 is 6.03 Å². The average Bonchev–Trinajstić information content (AvgIpc) is 0.685. The van der Waals surface area contributed by atoms with E-state index in [1.807, 2.05) is 0 Å². The summed E-state index contributed by atoms with van der Waals surface area (Å²) in [5.41, 5.74) is -8.07. The molecule has 1 heterocycles. The van der Waals surface area contributed by atoms with E-state index in [1.54, 1.807) is 0 Å². The van der Waals surface area contributed by atoms with Crippen LogP contribution in [0.15, 0.2) is 78.6 Å². The van der Waals surface area contributed by atoms with Gasteiger partial charge in [0.25, 0.3) is 5.91 Å². The third-order valence-electron chi connectivity index (χ3n) is 4.81. The molecule has 4 atom stereocenters. The Morgan fingerprint density at radius 2 is 1.67 bits per heavy atom. The molecule has 4 amide bonds. The van der Waals surface area contributed by atoms with Gasteiger partial charge in [-0.05, 0) is 67.3 Å². The minimum absolute atomic E-state index is 0.681. The molecule has 1 fully saturated rings. The van der Waals surface area contributed by atoms with Crippen molar-refractivity contribution in [1.82, 2.24) is 20.9 Å². The molecular weight excluding hydrogens is 580 g/mol. The number of carbonyl (C=O) groups is 3. The standard InChI is InChI=1S/C37H48N4O5/c1-25(2)34(41-20-12-19-38-37(41)45)36(44)39-30(21-28-15-7-5-8-16-28)23-32(42)31(22-29-17-9-6-10-18-29)40-33(43)24-46-35-26(3)13-11-14-27(35)4/h5-11,13-18,25,30-32,34,42H,12,19-24H2,1-4H3,(H,38,45)(H,39,44)(H,40,43)/t30-,31-,32-,34-/m0/s1/i1D3,2D3,3D3,4D3,5D,6D,7D,8D,9D,10D,11D,12D2,13D,14D,15D,16D,17D,18D,19D2,20D2,21D2,22D2,23D2,24D2,25D,30D,31D,32D,34D. The lowest BCUT2D eigenvalue weighted by molar-refractivity contribution is -0.128. The van der Waals surface area contributed by atoms with Crippen molar-refractivity contribution < 1.29 is 84.5 Å². The number of nitrogens with zero attached hydrogens (tertiary/aromatic N) is 1. The fourth-order valence-electron chi connectivity index (χ4n) is 2.96. The fraction of sp³-hybridized carbons (Fsp3) is 0.432. The van der Waals surface area contributed by atoms with Gasteiger partial charge in [0, 0.05) is 53.3 Å². The number of rotatable bonds is 15. The van der Waals surface area contributed by atoms with E-state index in [-0.39, 0.29) is 0 Å². The number of ether oxygens (including phenoxy) is 1. The zero-order valence-corrected chi connectivity index (χ0v) is 22.5. The van der Waals surface area contributed by atoms with Crippen LogP contribution in [0.1, 0.15) is 109 Å². The van der Waals surface area contributed by atoms with Crippen LogP contribution < -0.4 is 20.7 Å². The van der Waals surface area contributed by atoms with Crippen molar-refractivity contribution in [3.05, 3.63) is 101 Å². The molecule has 0 spiro atoms. The van der Waals surface area contributed by atoms with E-state index in [4.69, 9.17) is 51.3 Å². The van der Waals surface area contributed by atoms with Gasteiger partial charge in [-0.2, -0.15) is 0 Å². The average molecular weight is 673 g/mol. The number of benzene rings is 3. The highest BCUT2D eigenvalue weighted by Gasteiger charge is 2.35. The Kier molecular flexibility index (Phi) is 3.20. The van der Waals surface area contributed by atoms with E-state index in [2.05, 4.69) is 0 Å². The predicted molar refractivity (Wildman–Crippen MR) is 180 cm³/mol. The molecule has 46 heavy (non-hydrogen) atoms. The molecule has 0 saturated carbocycles. The van der Waals surface area contributed by atoms with Gasteiger partial charge < -0.3 is 30.7 Å². The highest BCUT2D eigenvalue weighted by molar-refractivity contribution is 5.87. The molecule has 3 aromatic rings. The first-order valence-corrected chi connectivity index (χ1v) is 11.9. The second kappa shape index (κ2) is 16.8. The molecule has 4 N–H and O–H groups in total. The second-order valence-electron chi connectivity index (χ2n) is 7.89. The molecule has 3 aromatic carbocycles.